The number of ether oxygens (including phenoxy) is 4. The van der Waals surface area contributed by atoms with Crippen LogP contribution in [-0.4, -0.2) is 63.0 Å². The summed E-state index contributed by atoms with van der Waals surface area (Å²) < 4.78 is 21.7. The first-order valence-electron chi connectivity index (χ1n) is 14.1. The zero-order valence-electron chi connectivity index (χ0n) is 23.1. The van der Waals surface area contributed by atoms with Crippen molar-refractivity contribution in [2.45, 2.75) is 135 Å². The van der Waals surface area contributed by atoms with Gasteiger partial charge in [0.1, 0.15) is 18.2 Å². The minimum atomic E-state index is -0.681. The molecular weight excluding hydrogens is 462 g/mol. The van der Waals surface area contributed by atoms with E-state index in [1.54, 1.807) is 7.11 Å². The fraction of sp³-hybridized carbons (Fsp3) is 0.893. The topological polar surface area (TPSA) is 100 Å². The summed E-state index contributed by atoms with van der Waals surface area (Å²) in [6, 6.07) is -0.681. The molecule has 0 spiro atoms. The summed E-state index contributed by atoms with van der Waals surface area (Å²) in [5.41, 5.74) is 0. The van der Waals surface area contributed by atoms with Gasteiger partial charge in [0.25, 0.3) is 0 Å². The summed E-state index contributed by atoms with van der Waals surface area (Å²) in [5, 5.41) is 2.58. The number of carbonyl (C=O) groups is 3. The van der Waals surface area contributed by atoms with E-state index in [4.69, 9.17) is 18.9 Å². The Bertz CT molecular complexity index is 598. The molecule has 1 aliphatic heterocycles. The first kappa shape index (κ1) is 32.4. The van der Waals surface area contributed by atoms with Crippen LogP contribution in [0.5, 0.6) is 0 Å². The Labute approximate surface area is 218 Å². The molecule has 1 fully saturated rings. The normalized spacial score (nSPS) is 18.9. The molecule has 210 valence electrons. The fourth-order valence-corrected chi connectivity index (χ4v) is 4.52. The Kier molecular flexibility index (Phi) is 18.3. The molecule has 36 heavy (non-hydrogen) atoms. The van der Waals surface area contributed by atoms with E-state index in [1.165, 1.54) is 57.8 Å². The summed E-state index contributed by atoms with van der Waals surface area (Å²) in [6.07, 6.45) is 14.3. The van der Waals surface area contributed by atoms with Gasteiger partial charge in [-0.1, -0.05) is 85.0 Å². The van der Waals surface area contributed by atoms with Crippen molar-refractivity contribution >= 4 is 18.3 Å². The van der Waals surface area contributed by atoms with Gasteiger partial charge in [0, 0.05) is 13.5 Å². The van der Waals surface area contributed by atoms with Gasteiger partial charge in [0.05, 0.1) is 13.2 Å². The summed E-state index contributed by atoms with van der Waals surface area (Å²) in [7, 11) is 1.57. The first-order chi connectivity index (χ1) is 17.4. The van der Waals surface area contributed by atoms with Crippen molar-refractivity contribution in [1.29, 1.82) is 0 Å². The Morgan fingerprint density at radius 1 is 1.00 bits per heavy atom. The summed E-state index contributed by atoms with van der Waals surface area (Å²) >= 11 is 0. The maximum Gasteiger partial charge on any atom is 0.339 e. The van der Waals surface area contributed by atoms with Crippen molar-refractivity contribution in [2.24, 2.45) is 5.92 Å². The summed E-state index contributed by atoms with van der Waals surface area (Å²) in [4.78, 5) is 35.7. The van der Waals surface area contributed by atoms with Crippen molar-refractivity contribution < 1.29 is 33.3 Å². The highest BCUT2D eigenvalue weighted by Gasteiger charge is 2.45. The van der Waals surface area contributed by atoms with Gasteiger partial charge >= 0.3 is 11.9 Å². The molecule has 8 heteroatoms. The highest BCUT2D eigenvalue weighted by atomic mass is 16.6. The second-order valence-electron chi connectivity index (χ2n) is 10.3. The third-order valence-electron chi connectivity index (χ3n) is 6.59. The van der Waals surface area contributed by atoms with Gasteiger partial charge in [-0.2, -0.15) is 0 Å². The molecule has 8 nitrogen and oxygen atoms in total. The number of nitrogens with one attached hydrogen (secondary N) is 1. The van der Waals surface area contributed by atoms with E-state index >= 15 is 0 Å². The minimum absolute atomic E-state index is 0.228. The molecule has 1 aliphatic rings. The van der Waals surface area contributed by atoms with Crippen LogP contribution in [0.1, 0.15) is 111 Å². The largest absolute Gasteiger partial charge is 0.461 e. The number of esters is 2. The second kappa shape index (κ2) is 20.4. The Morgan fingerprint density at radius 3 is 2.14 bits per heavy atom. The summed E-state index contributed by atoms with van der Waals surface area (Å²) in [5.74, 6) is -0.603. The standard InChI is InChI=1S/C28H51NO7/c1-5-6-7-8-9-10-11-12-13-14-15-16-23(35-27(31)24(29-21-30)19-22(2)3)20-25-26(28(32)36-25)34-18-17-33-4/h21-26H,5-20H2,1-4H3,(H,29,30)/t23-,24-,25-,26-/m0/s1. The molecule has 1 heterocycles. The van der Waals surface area contributed by atoms with E-state index < -0.39 is 36.3 Å². The van der Waals surface area contributed by atoms with Gasteiger partial charge < -0.3 is 24.3 Å². The number of hydrogen-bond donors (Lipinski definition) is 1. The monoisotopic (exact) mass is 513 g/mol. The smallest absolute Gasteiger partial charge is 0.339 e. The van der Waals surface area contributed by atoms with Crippen LogP contribution in [0.2, 0.25) is 0 Å². The number of carbonyl (C=O) groups excluding carboxylic acids is 3. The van der Waals surface area contributed by atoms with Crippen LogP contribution in [0.4, 0.5) is 0 Å². The van der Waals surface area contributed by atoms with Crippen molar-refractivity contribution in [3.05, 3.63) is 0 Å². The molecule has 0 radical (unpaired) electrons. The third kappa shape index (κ3) is 14.2. The van der Waals surface area contributed by atoms with E-state index in [2.05, 4.69) is 12.2 Å². The highest BCUT2D eigenvalue weighted by molar-refractivity contribution is 5.81. The predicted octanol–water partition coefficient (Wildman–Crippen LogP) is 5.11. The molecule has 1 N–H and O–H groups in total. The van der Waals surface area contributed by atoms with E-state index in [1.807, 2.05) is 13.8 Å². The van der Waals surface area contributed by atoms with Crippen molar-refractivity contribution in [2.75, 3.05) is 20.3 Å². The van der Waals surface area contributed by atoms with E-state index in [9.17, 15) is 14.4 Å². The van der Waals surface area contributed by atoms with Gasteiger partial charge in [0.2, 0.25) is 6.41 Å². The number of hydrogen-bond acceptors (Lipinski definition) is 7. The van der Waals surface area contributed by atoms with E-state index in [-0.39, 0.29) is 5.92 Å². The number of cyclic esters (lactones) is 1. The van der Waals surface area contributed by atoms with Crippen LogP contribution in [0.3, 0.4) is 0 Å². The van der Waals surface area contributed by atoms with Gasteiger partial charge in [0.15, 0.2) is 6.10 Å². The van der Waals surface area contributed by atoms with Crippen LogP contribution < -0.4 is 5.32 Å². The lowest BCUT2D eigenvalue weighted by Crippen LogP contribution is -2.54. The van der Waals surface area contributed by atoms with Crippen molar-refractivity contribution in [3.63, 3.8) is 0 Å². The molecule has 0 unspecified atom stereocenters. The van der Waals surface area contributed by atoms with Crippen molar-refractivity contribution in [3.8, 4) is 0 Å². The lowest BCUT2D eigenvalue weighted by atomic mass is 9.97. The van der Waals surface area contributed by atoms with Crippen LogP contribution in [0.15, 0.2) is 0 Å². The number of amides is 1. The van der Waals surface area contributed by atoms with Crippen LogP contribution in [-0.2, 0) is 33.3 Å². The maximum atomic E-state index is 12.8. The quantitative estimate of drug-likeness (QED) is 0.109. The molecule has 0 aromatic heterocycles. The van der Waals surface area contributed by atoms with E-state index in [0.717, 1.165) is 12.8 Å². The fourth-order valence-electron chi connectivity index (χ4n) is 4.52. The van der Waals surface area contributed by atoms with Gasteiger partial charge in [-0.15, -0.1) is 0 Å². The average Bonchev–Trinajstić information content (AvgIpc) is 2.84. The molecule has 0 bridgehead atoms. The Morgan fingerprint density at radius 2 is 1.61 bits per heavy atom. The minimum Gasteiger partial charge on any atom is -0.461 e. The number of methoxy groups -OCH3 is 1. The van der Waals surface area contributed by atoms with Gasteiger partial charge in [-0.05, 0) is 25.2 Å². The molecule has 1 amide bonds. The third-order valence-corrected chi connectivity index (χ3v) is 6.59. The van der Waals surface area contributed by atoms with Gasteiger partial charge in [-0.25, -0.2) is 9.59 Å². The number of unbranched alkanes of at least 4 members (excludes halogenated alkanes) is 10. The molecule has 1 rings (SSSR count). The summed E-state index contributed by atoms with van der Waals surface area (Å²) in [6.45, 7) is 6.92. The van der Waals surface area contributed by atoms with Crippen molar-refractivity contribution in [1.82, 2.24) is 5.32 Å². The first-order valence-corrected chi connectivity index (χ1v) is 14.1. The molecule has 1 saturated heterocycles. The Hall–Kier alpha value is -1.67. The average molecular weight is 514 g/mol. The van der Waals surface area contributed by atoms with E-state index in [0.29, 0.717) is 38.9 Å². The van der Waals surface area contributed by atoms with Crippen LogP contribution in [0, 0.1) is 5.92 Å². The second-order valence-corrected chi connectivity index (χ2v) is 10.3. The van der Waals surface area contributed by atoms with Crippen LogP contribution in [0.25, 0.3) is 0 Å². The molecule has 0 aromatic carbocycles. The predicted molar refractivity (Wildman–Crippen MR) is 140 cm³/mol. The lowest BCUT2D eigenvalue weighted by Gasteiger charge is -2.36. The zero-order chi connectivity index (χ0) is 26.6. The molecule has 0 aromatic rings. The molecule has 0 aliphatic carbocycles. The Balaban J connectivity index is 2.51. The zero-order valence-corrected chi connectivity index (χ0v) is 23.1. The molecular formula is C28H51NO7. The molecule has 0 saturated carbocycles. The maximum absolute atomic E-state index is 12.8. The number of rotatable bonds is 24. The highest BCUT2D eigenvalue weighted by Crippen LogP contribution is 2.26. The van der Waals surface area contributed by atoms with Gasteiger partial charge in [-0.3, -0.25) is 4.79 Å². The molecule has 4 atom stereocenters. The van der Waals surface area contributed by atoms with Crippen LogP contribution >= 0.6 is 0 Å². The SMILES string of the molecule is CCCCCCCCCCCCC[C@@H](C[C@@H]1OC(=O)[C@H]1OCCOC)OC(=O)[C@H](CC(C)C)NC=O. The lowest BCUT2D eigenvalue weighted by molar-refractivity contribution is -0.212.